The van der Waals surface area contributed by atoms with Crippen molar-refractivity contribution in [1.29, 1.82) is 0 Å². The highest BCUT2D eigenvalue weighted by Gasteiger charge is 2.16. The zero-order chi connectivity index (χ0) is 10.6. The molecule has 4 heteroatoms. The van der Waals surface area contributed by atoms with Crippen LogP contribution in [-0.2, 0) is 0 Å². The lowest BCUT2D eigenvalue weighted by atomic mass is 10.1. The summed E-state index contributed by atoms with van der Waals surface area (Å²) in [6.45, 7) is 6.50. The Balaban J connectivity index is 3.04. The van der Waals surface area contributed by atoms with Crippen LogP contribution in [0, 0.1) is 12.4 Å². The zero-order valence-corrected chi connectivity index (χ0v) is 7.70. The molecule has 0 aliphatic rings. The Morgan fingerprint density at radius 1 is 1.64 bits per heavy atom. The molecule has 0 saturated heterocycles. The molecule has 1 aromatic carbocycles. The van der Waals surface area contributed by atoms with E-state index in [1.54, 1.807) is 0 Å². The summed E-state index contributed by atoms with van der Waals surface area (Å²) in [4.78, 5) is 3.04. The first-order chi connectivity index (χ1) is 6.69. The molecule has 0 heterocycles. The summed E-state index contributed by atoms with van der Waals surface area (Å²) in [5.74, 6) is -0.0626. The predicted molar refractivity (Wildman–Crippen MR) is 49.4 cm³/mol. The first kappa shape index (κ1) is 10.5. The third kappa shape index (κ3) is 2.21. The van der Waals surface area contributed by atoms with E-state index in [2.05, 4.69) is 4.85 Å². The molecule has 0 radical (unpaired) electrons. The molecule has 0 spiro atoms. The fraction of sp³-hybridized carbons (Fsp3) is 0.300. The summed E-state index contributed by atoms with van der Waals surface area (Å²) in [6, 6.07) is 3.85. The summed E-state index contributed by atoms with van der Waals surface area (Å²) >= 11 is 0. The molecule has 0 amide bonds. The molecule has 0 bridgehead atoms. The van der Waals surface area contributed by atoms with E-state index in [-0.39, 0.29) is 6.54 Å². The second kappa shape index (κ2) is 4.58. The molecule has 1 atom stereocenters. The number of rotatable bonds is 3. The quantitative estimate of drug-likeness (QED) is 0.746. The van der Waals surface area contributed by atoms with E-state index in [1.807, 2.05) is 0 Å². The number of methoxy groups -OCH3 is 1. The van der Waals surface area contributed by atoms with Crippen LogP contribution in [0.15, 0.2) is 18.2 Å². The average Bonchev–Trinajstić information content (AvgIpc) is 2.18. The van der Waals surface area contributed by atoms with E-state index in [0.29, 0.717) is 11.3 Å². The minimum absolute atomic E-state index is 0.0974. The van der Waals surface area contributed by atoms with E-state index in [4.69, 9.17) is 11.3 Å². The van der Waals surface area contributed by atoms with Crippen LogP contribution in [0.25, 0.3) is 4.85 Å². The Bertz CT molecular complexity index is 360. The molecule has 0 aliphatic carbocycles. The lowest BCUT2D eigenvalue weighted by molar-refractivity contribution is 0.190. The number of ether oxygens (including phenoxy) is 1. The molecule has 1 aromatic rings. The topological polar surface area (TPSA) is 33.8 Å². The number of aliphatic hydroxyl groups is 1. The van der Waals surface area contributed by atoms with Crippen LogP contribution >= 0.6 is 0 Å². The van der Waals surface area contributed by atoms with E-state index < -0.39 is 11.9 Å². The predicted octanol–water partition coefficient (Wildman–Crippen LogP) is 1.79. The molecule has 1 N–H and O–H groups in total. The Morgan fingerprint density at radius 2 is 2.36 bits per heavy atom. The molecule has 1 unspecified atom stereocenters. The maximum atomic E-state index is 12.8. The number of hydrogen-bond donors (Lipinski definition) is 1. The van der Waals surface area contributed by atoms with Crippen LogP contribution in [0.5, 0.6) is 5.75 Å². The summed E-state index contributed by atoms with van der Waals surface area (Å²) in [6.07, 6.45) is -1.00. The van der Waals surface area contributed by atoms with Crippen molar-refractivity contribution >= 4 is 0 Å². The third-order valence-electron chi connectivity index (χ3n) is 1.81. The molecule has 14 heavy (non-hydrogen) atoms. The van der Waals surface area contributed by atoms with Gasteiger partial charge in [-0.2, -0.15) is 0 Å². The molecule has 3 nitrogen and oxygen atoms in total. The monoisotopic (exact) mass is 195 g/mol. The van der Waals surface area contributed by atoms with Crippen molar-refractivity contribution in [3.05, 3.63) is 41.0 Å². The van der Waals surface area contributed by atoms with Gasteiger partial charge in [-0.05, 0) is 18.2 Å². The van der Waals surface area contributed by atoms with Crippen molar-refractivity contribution in [2.75, 3.05) is 13.7 Å². The number of aliphatic hydroxyl groups excluding tert-OH is 1. The number of hydrogen-bond acceptors (Lipinski definition) is 2. The van der Waals surface area contributed by atoms with Gasteiger partial charge in [-0.3, -0.25) is 0 Å². The largest absolute Gasteiger partial charge is 0.496 e. The number of benzene rings is 1. The molecule has 0 fully saturated rings. The van der Waals surface area contributed by atoms with Gasteiger partial charge in [0.15, 0.2) is 6.10 Å². The van der Waals surface area contributed by atoms with Gasteiger partial charge in [-0.25, -0.2) is 11.0 Å². The Kier molecular flexibility index (Phi) is 3.43. The van der Waals surface area contributed by atoms with Crippen LogP contribution in [0.3, 0.4) is 0 Å². The first-order valence-electron chi connectivity index (χ1n) is 4.03. The molecule has 0 aromatic heterocycles. The lowest BCUT2D eigenvalue weighted by Gasteiger charge is -2.10. The van der Waals surface area contributed by atoms with Crippen molar-refractivity contribution in [3.8, 4) is 5.75 Å². The number of halogens is 1. The number of nitrogens with zero attached hydrogens (tertiary/aromatic N) is 1. The molecular formula is C10H10FNO2. The highest BCUT2D eigenvalue weighted by molar-refractivity contribution is 5.36. The van der Waals surface area contributed by atoms with Crippen molar-refractivity contribution in [3.63, 3.8) is 0 Å². The summed E-state index contributed by atoms with van der Waals surface area (Å²) < 4.78 is 17.8. The van der Waals surface area contributed by atoms with E-state index in [1.165, 1.54) is 25.3 Å². The van der Waals surface area contributed by atoms with E-state index in [0.717, 1.165) is 0 Å². The van der Waals surface area contributed by atoms with Gasteiger partial charge in [0, 0.05) is 5.56 Å². The van der Waals surface area contributed by atoms with Gasteiger partial charge in [0.1, 0.15) is 11.6 Å². The molecular weight excluding hydrogens is 185 g/mol. The summed E-state index contributed by atoms with van der Waals surface area (Å²) in [5.41, 5.74) is 0.309. The second-order valence-electron chi connectivity index (χ2n) is 2.74. The Hall–Kier alpha value is -1.60. The smallest absolute Gasteiger partial charge is 0.244 e. The van der Waals surface area contributed by atoms with Gasteiger partial charge >= 0.3 is 0 Å². The highest BCUT2D eigenvalue weighted by atomic mass is 19.1. The van der Waals surface area contributed by atoms with Gasteiger partial charge in [0.05, 0.1) is 7.11 Å². The first-order valence-corrected chi connectivity index (χ1v) is 4.03. The maximum absolute atomic E-state index is 12.8. The van der Waals surface area contributed by atoms with E-state index >= 15 is 0 Å². The minimum Gasteiger partial charge on any atom is -0.496 e. The third-order valence-corrected chi connectivity index (χ3v) is 1.81. The SMILES string of the molecule is [C-]#[N+]CC(O)c1cc(F)ccc1OC. The van der Waals surface area contributed by atoms with E-state index in [9.17, 15) is 9.50 Å². The van der Waals surface area contributed by atoms with Gasteiger partial charge in [0.25, 0.3) is 0 Å². The zero-order valence-electron chi connectivity index (χ0n) is 7.70. The Morgan fingerprint density at radius 3 is 2.93 bits per heavy atom. The molecule has 1 rings (SSSR count). The lowest BCUT2D eigenvalue weighted by Crippen LogP contribution is -2.03. The molecule has 0 saturated carbocycles. The van der Waals surface area contributed by atoms with Crippen LogP contribution in [0.4, 0.5) is 4.39 Å². The van der Waals surface area contributed by atoms with Gasteiger partial charge in [0.2, 0.25) is 6.54 Å². The van der Waals surface area contributed by atoms with Crippen molar-refractivity contribution in [1.82, 2.24) is 0 Å². The standard InChI is InChI=1S/C10H10FNO2/c1-12-6-9(13)8-5-7(11)3-4-10(8)14-2/h3-5,9,13H,6H2,2H3. The van der Waals surface area contributed by atoms with Gasteiger partial charge < -0.3 is 14.7 Å². The van der Waals surface area contributed by atoms with Crippen LogP contribution in [0.2, 0.25) is 0 Å². The van der Waals surface area contributed by atoms with Crippen molar-refractivity contribution in [2.45, 2.75) is 6.10 Å². The fourth-order valence-electron chi connectivity index (χ4n) is 1.15. The van der Waals surface area contributed by atoms with Gasteiger partial charge in [-0.15, -0.1) is 0 Å². The fourth-order valence-corrected chi connectivity index (χ4v) is 1.15. The van der Waals surface area contributed by atoms with Crippen LogP contribution < -0.4 is 4.74 Å². The second-order valence-corrected chi connectivity index (χ2v) is 2.74. The maximum Gasteiger partial charge on any atom is 0.244 e. The highest BCUT2D eigenvalue weighted by Crippen LogP contribution is 2.25. The summed E-state index contributed by atoms with van der Waals surface area (Å²) in [5, 5.41) is 9.50. The minimum atomic E-state index is -1.00. The van der Waals surface area contributed by atoms with Gasteiger partial charge in [-0.1, -0.05) is 0 Å². The Labute approximate surface area is 81.6 Å². The molecule has 74 valence electrons. The van der Waals surface area contributed by atoms with Crippen LogP contribution in [-0.4, -0.2) is 18.8 Å². The van der Waals surface area contributed by atoms with Crippen molar-refractivity contribution < 1.29 is 14.2 Å². The van der Waals surface area contributed by atoms with Crippen LogP contribution in [0.1, 0.15) is 11.7 Å². The average molecular weight is 195 g/mol. The normalized spacial score (nSPS) is 11.9. The van der Waals surface area contributed by atoms with Crippen molar-refractivity contribution in [2.24, 2.45) is 0 Å². The summed E-state index contributed by atoms with van der Waals surface area (Å²) in [7, 11) is 1.43. The molecule has 0 aliphatic heterocycles.